The normalized spacial score (nSPS) is 20.9. The van der Waals surface area contributed by atoms with Gasteiger partial charge < -0.3 is 43.9 Å². The number of urea groups is 1. The molecular weight excluding hydrogens is 1720 g/mol. The molecule has 8 atom stereocenters. The number of carbonyl (C=O) groups is 7. The number of amides is 6. The fourth-order valence-corrected chi connectivity index (χ4v) is 14.8. The number of halogens is 5. The van der Waals surface area contributed by atoms with Gasteiger partial charge in [0.05, 0.1) is 118 Å². The number of aromatic nitrogens is 8. The summed E-state index contributed by atoms with van der Waals surface area (Å²) in [5, 5.41) is 20.4. The Morgan fingerprint density at radius 3 is 1.16 bits per heavy atom. The van der Waals surface area contributed by atoms with Gasteiger partial charge in [0.1, 0.15) is 16.8 Å². The van der Waals surface area contributed by atoms with Gasteiger partial charge in [-0.05, 0) is 164 Å². The second kappa shape index (κ2) is 41.3. The number of benzene rings is 3. The molecule has 116 heavy (non-hydrogen) atoms. The van der Waals surface area contributed by atoms with E-state index < -0.39 is 52.6 Å². The summed E-state index contributed by atoms with van der Waals surface area (Å²) in [4.78, 5) is 97.4. The van der Waals surface area contributed by atoms with Gasteiger partial charge in [0, 0.05) is 95.0 Å². The third-order valence-corrected chi connectivity index (χ3v) is 21.6. The monoisotopic (exact) mass is 1840 g/mol. The molecule has 0 unspecified atom stereocenters. The van der Waals surface area contributed by atoms with Gasteiger partial charge in [-0.2, -0.15) is 20.4 Å². The number of anilines is 4. The molecule has 0 saturated carbocycles. The van der Waals surface area contributed by atoms with Crippen LogP contribution >= 0.6 is 36.3 Å². The summed E-state index contributed by atoms with van der Waals surface area (Å²) >= 11 is 9.47. The standard InChI is InChI=1S/C19H20F3N5O2.C19H24N4O.C17H26N4O3.C15H18BrN3.C10H18O5.3CH4.Cu.HI/c1-10-11(2)27-16(15(8-23-27)25-5-3-4-17(25)28)9-26(10)19(29)24-12-6-13(20)18(22)14(21)7-12;1-14-15(2)23-18(13-21(14)12-16-7-4-3-5-8-16)17(11-20-23)22-10-6-9-19(22)24;1-11-12(2)21-14(10-20(11)16(23)24-17(3,4)5)13(9-18-21)19-8-6-7-15(19)22;1-11-12(2)19-15(14(16)8-17-19)10-18(11)9-13-6-4-3-5-7-13;1-9(2,3)14-7(11)13-8(12)15-10(4,5)6;;;;;/h6-8,10-11H,3-5,9H2,1-2H3,(H,24,29);3-5,7-8,11,14-15H,6,9-10,12-13H2,1-2H3;9,11-12H,6-8,10H2,1-5H3;3-8,11-12H,9-10H2,1-2H3;1-6H3;3*1H4;;1H/q;;;;;;;;+1;/p-1/t10-,11-;14-,15-;2*11-,12-;;;;;;/m0000....../s1. The molecule has 27 nitrogen and oxygen atoms in total. The van der Waals surface area contributed by atoms with Crippen LogP contribution in [-0.4, -0.2) is 161 Å². The Balaban J connectivity index is 0.000000226. The van der Waals surface area contributed by atoms with Crippen LogP contribution in [-0.2, 0) is 85.4 Å². The quantitative estimate of drug-likeness (QED) is 0.0370. The third kappa shape index (κ3) is 23.8. The van der Waals surface area contributed by atoms with Crippen molar-refractivity contribution in [2.24, 2.45) is 0 Å². The summed E-state index contributed by atoms with van der Waals surface area (Å²) in [5.41, 5.74) is 7.16. The molecule has 642 valence electrons. The van der Waals surface area contributed by atoms with E-state index in [2.05, 4.69) is 167 Å². The fraction of sp³-hybridized carbons (Fsp3) is 0.554. The number of fused-ring (bicyclic) bond motifs is 4. The molecule has 7 aliphatic rings. The van der Waals surface area contributed by atoms with Crippen LogP contribution in [0.25, 0.3) is 0 Å². The van der Waals surface area contributed by atoms with E-state index in [0.29, 0.717) is 68.8 Å². The summed E-state index contributed by atoms with van der Waals surface area (Å²) in [7, 11) is 0. The molecule has 0 bridgehead atoms. The zero-order valence-electron chi connectivity index (χ0n) is 67.4. The molecule has 11 heterocycles. The Morgan fingerprint density at radius 2 is 0.802 bits per heavy atom. The van der Waals surface area contributed by atoms with Crippen molar-refractivity contribution in [3.05, 3.63) is 153 Å². The van der Waals surface area contributed by atoms with E-state index in [1.54, 1.807) is 93.7 Å². The average molecular weight is 1840 g/mol. The summed E-state index contributed by atoms with van der Waals surface area (Å²) in [6.07, 6.45) is 9.02. The van der Waals surface area contributed by atoms with Crippen molar-refractivity contribution in [2.75, 3.05) is 39.7 Å². The number of hydrogen-bond donors (Lipinski definition) is 1. The molecule has 0 spiro atoms. The molecular formula is C83H118BrCuF3IN16O11. The second-order valence-corrected chi connectivity index (χ2v) is 33.1. The first-order valence-corrected chi connectivity index (χ1v) is 42.0. The molecule has 1 N–H and O–H groups in total. The molecule has 3 fully saturated rings. The van der Waals surface area contributed by atoms with E-state index in [0.717, 1.165) is 91.4 Å². The van der Waals surface area contributed by atoms with Crippen molar-refractivity contribution in [1.82, 2.24) is 58.7 Å². The number of ether oxygens (including phenoxy) is 4. The molecule has 4 aromatic heterocycles. The van der Waals surface area contributed by atoms with E-state index in [1.807, 2.05) is 70.4 Å². The van der Waals surface area contributed by atoms with Crippen molar-refractivity contribution in [1.29, 1.82) is 0 Å². The van der Waals surface area contributed by atoms with Crippen LogP contribution in [0.15, 0.2) is 102 Å². The topological polar surface area (TPSA) is 262 Å². The molecule has 7 aromatic rings. The van der Waals surface area contributed by atoms with Crippen molar-refractivity contribution in [2.45, 2.75) is 283 Å². The Kier molecular flexibility index (Phi) is 34.4. The average Bonchev–Trinajstić information content (AvgIpc) is 1.59. The molecule has 3 aromatic carbocycles. The maximum atomic E-state index is 13.5. The summed E-state index contributed by atoms with van der Waals surface area (Å²) in [6, 6.07) is 23.2. The minimum absolute atomic E-state index is 0. The van der Waals surface area contributed by atoms with Gasteiger partial charge in [-0.15, -0.1) is 0 Å². The SMILES string of the molecule is C.C.C.CC(C)(C)OC(=O)OC(=O)OC(C)(C)C.C[C@H]1[C@H](C)n2ncc(Br)c2CN1Cc1ccccc1.C[C@H]1[C@H](C)n2ncc(N3CCCC3=O)c2CN1C(=O)Nc1cc(F)c(F)c(F)c1.C[C@H]1[C@H](C)n2ncc(N3CCCC3=O)c2CN1C(=O)OC(C)(C)C.C[C@H]1[C@H](C)n2ncc(N3CCCC3=O)c2CN1Cc1ccccc1.[Cu][I]. The number of rotatable bonds is 8. The second-order valence-electron chi connectivity index (χ2n) is 32.3. The first-order chi connectivity index (χ1) is 53.3. The molecule has 6 amide bonds. The van der Waals surface area contributed by atoms with Crippen LogP contribution in [0.3, 0.4) is 0 Å². The number of carbonyl (C=O) groups excluding carboxylic acids is 7. The van der Waals surface area contributed by atoms with Gasteiger partial charge in [0.2, 0.25) is 17.7 Å². The number of nitrogens with zero attached hydrogens (tertiary/aromatic N) is 15. The summed E-state index contributed by atoms with van der Waals surface area (Å²) < 4.78 is 68.5. The van der Waals surface area contributed by atoms with Gasteiger partial charge in [0.15, 0.2) is 17.5 Å². The van der Waals surface area contributed by atoms with E-state index in [-0.39, 0.29) is 82.5 Å². The van der Waals surface area contributed by atoms with Crippen molar-refractivity contribution in [3.8, 4) is 0 Å². The Morgan fingerprint density at radius 1 is 0.474 bits per heavy atom. The predicted octanol–water partition coefficient (Wildman–Crippen LogP) is 18.4. The molecule has 0 radical (unpaired) electrons. The molecule has 0 aliphatic carbocycles. The van der Waals surface area contributed by atoms with E-state index in [9.17, 15) is 46.7 Å². The first-order valence-electron chi connectivity index (χ1n) is 38.1. The molecule has 14 rings (SSSR count). The Labute approximate surface area is 709 Å². The van der Waals surface area contributed by atoms with Crippen molar-refractivity contribution >= 4 is 101 Å². The Bertz CT molecular complexity index is 4440. The van der Waals surface area contributed by atoms with Crippen LogP contribution in [0.2, 0.25) is 0 Å². The number of nitrogens with one attached hydrogen (secondary N) is 1. The van der Waals surface area contributed by atoms with Crippen LogP contribution in [0.4, 0.5) is 55.1 Å². The van der Waals surface area contributed by atoms with Crippen molar-refractivity contribution < 1.29 is 78.4 Å². The molecule has 7 aliphatic heterocycles. The third-order valence-electron chi connectivity index (χ3n) is 20.9. The van der Waals surface area contributed by atoms with Gasteiger partial charge >= 0.3 is 57.5 Å². The van der Waals surface area contributed by atoms with Gasteiger partial charge in [-0.25, -0.2) is 32.3 Å². The van der Waals surface area contributed by atoms with Crippen LogP contribution in [0, 0.1) is 17.5 Å². The van der Waals surface area contributed by atoms with Crippen LogP contribution < -0.4 is 20.0 Å². The van der Waals surface area contributed by atoms with Gasteiger partial charge in [-0.1, -0.05) is 82.9 Å². The predicted molar refractivity (Wildman–Crippen MR) is 450 cm³/mol. The van der Waals surface area contributed by atoms with E-state index in [4.69, 9.17) is 14.2 Å². The maximum absolute atomic E-state index is 13.5. The fourth-order valence-electron chi connectivity index (χ4n) is 14.4. The van der Waals surface area contributed by atoms with Crippen LogP contribution in [0.1, 0.15) is 237 Å². The minimum atomic E-state index is -1.59. The zero-order valence-corrected chi connectivity index (χ0v) is 72.0. The molecule has 3 saturated heterocycles. The van der Waals surface area contributed by atoms with E-state index in [1.165, 1.54) is 27.4 Å². The summed E-state index contributed by atoms with van der Waals surface area (Å²) in [5.74, 6) is -3.98. The van der Waals surface area contributed by atoms with Gasteiger partial charge in [-0.3, -0.25) is 47.8 Å². The first kappa shape index (κ1) is 96.5. The molecule has 33 heteroatoms. The Hall–Kier alpha value is -8.37. The summed E-state index contributed by atoms with van der Waals surface area (Å²) in [6.45, 7) is 38.8. The van der Waals surface area contributed by atoms with E-state index >= 15 is 0 Å². The zero-order chi connectivity index (χ0) is 82.9. The van der Waals surface area contributed by atoms with Crippen LogP contribution in [0.5, 0.6) is 0 Å². The van der Waals surface area contributed by atoms with Crippen molar-refractivity contribution in [3.63, 3.8) is 0 Å². The number of hydrogen-bond acceptors (Lipinski definition) is 17. The van der Waals surface area contributed by atoms with Gasteiger partial charge in [0.25, 0.3) is 0 Å².